The van der Waals surface area contributed by atoms with Crippen LogP contribution in [0.1, 0.15) is 17.5 Å². The summed E-state index contributed by atoms with van der Waals surface area (Å²) in [5.41, 5.74) is 2.88. The second-order valence-corrected chi connectivity index (χ2v) is 3.82. The van der Waals surface area contributed by atoms with Gasteiger partial charge in [-0.2, -0.15) is 0 Å². The molecule has 0 saturated heterocycles. The smallest absolute Gasteiger partial charge is 0 e. The zero-order valence-electron chi connectivity index (χ0n) is 9.21. The average molecular weight is 391 g/mol. The Hall–Kier alpha value is -0.872. The summed E-state index contributed by atoms with van der Waals surface area (Å²) in [7, 11) is 0. The molecule has 16 heavy (non-hydrogen) atoms. The average Bonchev–Trinajstić information content (AvgIpc) is 2.32. The van der Waals surface area contributed by atoms with Crippen LogP contribution in [0.5, 0.6) is 0 Å². The second kappa shape index (κ2) is 7.41. The molecular formula is C15H16Pt. The summed E-state index contributed by atoms with van der Waals surface area (Å²) < 4.78 is 0. The molecule has 0 N–H and O–H groups in total. The van der Waals surface area contributed by atoms with Gasteiger partial charge in [-0.1, -0.05) is 60.7 Å². The van der Waals surface area contributed by atoms with Crippen LogP contribution >= 0.6 is 0 Å². The van der Waals surface area contributed by atoms with Gasteiger partial charge in [0, 0.05) is 21.1 Å². The molecule has 0 aromatic heterocycles. The maximum atomic E-state index is 2.20. The van der Waals surface area contributed by atoms with Gasteiger partial charge in [0.2, 0.25) is 0 Å². The number of hydrogen-bond acceptors (Lipinski definition) is 0. The minimum absolute atomic E-state index is 0. The Morgan fingerprint density at radius 1 is 0.562 bits per heavy atom. The maximum absolute atomic E-state index is 2.20. The van der Waals surface area contributed by atoms with E-state index in [1.165, 1.54) is 30.4 Å². The zero-order chi connectivity index (χ0) is 10.3. The first-order valence-corrected chi connectivity index (χ1v) is 5.53. The van der Waals surface area contributed by atoms with Gasteiger partial charge in [0.15, 0.2) is 0 Å². The van der Waals surface area contributed by atoms with Crippen LogP contribution in [0, 0.1) is 0 Å². The maximum Gasteiger partial charge on any atom is 0 e. The van der Waals surface area contributed by atoms with Crippen molar-refractivity contribution in [1.82, 2.24) is 0 Å². The van der Waals surface area contributed by atoms with Crippen LogP contribution in [0.15, 0.2) is 60.7 Å². The molecule has 0 amide bonds. The predicted octanol–water partition coefficient (Wildman–Crippen LogP) is 3.86. The predicted molar refractivity (Wildman–Crippen MR) is 64.9 cm³/mol. The van der Waals surface area contributed by atoms with E-state index in [0.29, 0.717) is 0 Å². The van der Waals surface area contributed by atoms with Crippen LogP contribution in [-0.4, -0.2) is 0 Å². The number of rotatable bonds is 4. The number of benzene rings is 2. The van der Waals surface area contributed by atoms with Crippen molar-refractivity contribution in [2.75, 3.05) is 0 Å². The van der Waals surface area contributed by atoms with Gasteiger partial charge in [0.25, 0.3) is 0 Å². The van der Waals surface area contributed by atoms with Gasteiger partial charge in [-0.25, -0.2) is 0 Å². The Morgan fingerprint density at radius 2 is 0.938 bits per heavy atom. The van der Waals surface area contributed by atoms with E-state index >= 15 is 0 Å². The Labute approximate surface area is 112 Å². The van der Waals surface area contributed by atoms with Crippen molar-refractivity contribution in [2.24, 2.45) is 0 Å². The molecule has 0 aliphatic heterocycles. The normalized spacial score (nSPS) is 9.50. The van der Waals surface area contributed by atoms with E-state index < -0.39 is 0 Å². The first-order valence-electron chi connectivity index (χ1n) is 5.53. The summed E-state index contributed by atoms with van der Waals surface area (Å²) >= 11 is 0. The van der Waals surface area contributed by atoms with Crippen molar-refractivity contribution in [3.05, 3.63) is 71.8 Å². The molecule has 2 rings (SSSR count). The van der Waals surface area contributed by atoms with Crippen molar-refractivity contribution in [3.8, 4) is 0 Å². The molecule has 86 valence electrons. The standard InChI is InChI=1S/C15H16.Pt/c1-3-8-14(9-4-1)12-7-13-15-10-5-2-6-11-15;/h1-6,8-11H,7,12-13H2;. The first-order chi connectivity index (χ1) is 7.45. The fourth-order valence-corrected chi connectivity index (χ4v) is 1.79. The third-order valence-corrected chi connectivity index (χ3v) is 2.62. The molecule has 0 unspecified atom stereocenters. The van der Waals surface area contributed by atoms with E-state index in [4.69, 9.17) is 0 Å². The fraction of sp³-hybridized carbons (Fsp3) is 0.200. The molecule has 1 heteroatoms. The van der Waals surface area contributed by atoms with Crippen LogP contribution in [0.4, 0.5) is 0 Å². The summed E-state index contributed by atoms with van der Waals surface area (Å²) in [5, 5.41) is 0. The number of hydrogen-bond donors (Lipinski definition) is 0. The molecular weight excluding hydrogens is 375 g/mol. The Balaban J connectivity index is 0.00000128. The fourth-order valence-electron chi connectivity index (χ4n) is 1.79. The molecule has 0 bridgehead atoms. The minimum atomic E-state index is 0. The topological polar surface area (TPSA) is 0 Å². The Bertz CT molecular complexity index is 341. The Morgan fingerprint density at radius 3 is 1.31 bits per heavy atom. The molecule has 0 fully saturated rings. The van der Waals surface area contributed by atoms with Crippen molar-refractivity contribution < 1.29 is 21.1 Å². The van der Waals surface area contributed by atoms with Crippen LogP contribution in [0.2, 0.25) is 0 Å². The van der Waals surface area contributed by atoms with Gasteiger partial charge in [-0.15, -0.1) is 0 Å². The van der Waals surface area contributed by atoms with Gasteiger partial charge in [0.1, 0.15) is 0 Å². The van der Waals surface area contributed by atoms with Crippen molar-refractivity contribution >= 4 is 0 Å². The molecule has 0 heterocycles. The summed E-state index contributed by atoms with van der Waals surface area (Å²) in [5.74, 6) is 0. The molecule has 2 aromatic carbocycles. The van der Waals surface area contributed by atoms with Gasteiger partial charge < -0.3 is 0 Å². The molecule has 2 aromatic rings. The summed E-state index contributed by atoms with van der Waals surface area (Å²) in [4.78, 5) is 0. The molecule has 0 saturated carbocycles. The van der Waals surface area contributed by atoms with E-state index in [1.807, 2.05) is 0 Å². The van der Waals surface area contributed by atoms with Crippen molar-refractivity contribution in [3.63, 3.8) is 0 Å². The van der Waals surface area contributed by atoms with Crippen molar-refractivity contribution in [2.45, 2.75) is 19.3 Å². The summed E-state index contributed by atoms with van der Waals surface area (Å²) in [6.45, 7) is 0. The van der Waals surface area contributed by atoms with Gasteiger partial charge in [-0.05, 0) is 30.4 Å². The molecule has 0 radical (unpaired) electrons. The monoisotopic (exact) mass is 391 g/mol. The van der Waals surface area contributed by atoms with Crippen LogP contribution in [0.3, 0.4) is 0 Å². The summed E-state index contributed by atoms with van der Waals surface area (Å²) in [6.07, 6.45) is 3.58. The van der Waals surface area contributed by atoms with Crippen LogP contribution in [-0.2, 0) is 33.9 Å². The van der Waals surface area contributed by atoms with Gasteiger partial charge >= 0.3 is 0 Å². The molecule has 0 atom stereocenters. The van der Waals surface area contributed by atoms with E-state index in [2.05, 4.69) is 60.7 Å². The Kier molecular flexibility index (Phi) is 6.11. The van der Waals surface area contributed by atoms with Crippen molar-refractivity contribution in [1.29, 1.82) is 0 Å². The molecule has 0 aliphatic rings. The third kappa shape index (κ3) is 4.33. The van der Waals surface area contributed by atoms with E-state index in [1.54, 1.807) is 0 Å². The van der Waals surface area contributed by atoms with Gasteiger partial charge in [-0.3, -0.25) is 0 Å². The zero-order valence-corrected chi connectivity index (χ0v) is 11.5. The summed E-state index contributed by atoms with van der Waals surface area (Å²) in [6, 6.07) is 21.4. The second-order valence-electron chi connectivity index (χ2n) is 3.82. The third-order valence-electron chi connectivity index (χ3n) is 2.62. The van der Waals surface area contributed by atoms with E-state index in [-0.39, 0.29) is 21.1 Å². The molecule has 0 spiro atoms. The number of aryl methyl sites for hydroxylation is 2. The van der Waals surface area contributed by atoms with E-state index in [9.17, 15) is 0 Å². The molecule has 0 aliphatic carbocycles. The largest absolute Gasteiger partial charge is 0.0622 e. The molecule has 0 nitrogen and oxygen atoms in total. The van der Waals surface area contributed by atoms with Gasteiger partial charge in [0.05, 0.1) is 0 Å². The first kappa shape index (κ1) is 13.2. The quantitative estimate of drug-likeness (QED) is 0.743. The minimum Gasteiger partial charge on any atom is -0.0622 e. The van der Waals surface area contributed by atoms with Crippen LogP contribution < -0.4 is 0 Å². The SMILES string of the molecule is [Pt].c1ccc(CCCc2ccccc2)cc1. The van der Waals surface area contributed by atoms with E-state index in [0.717, 1.165) is 0 Å². The van der Waals surface area contributed by atoms with Crippen LogP contribution in [0.25, 0.3) is 0 Å².